The second kappa shape index (κ2) is 10.2. The van der Waals surface area contributed by atoms with Crippen molar-refractivity contribution >= 4 is 37.8 Å². The maximum atomic E-state index is 11.5. The van der Waals surface area contributed by atoms with Gasteiger partial charge in [0.1, 0.15) is 5.75 Å². The highest BCUT2D eigenvalue weighted by molar-refractivity contribution is 9.11. The van der Waals surface area contributed by atoms with Crippen LogP contribution in [0.1, 0.15) is 12.5 Å². The molecule has 21 heavy (non-hydrogen) atoms. The number of methoxy groups -OCH3 is 1. The van der Waals surface area contributed by atoms with Gasteiger partial charge in [-0.1, -0.05) is 0 Å². The predicted molar refractivity (Wildman–Crippen MR) is 89.6 cm³/mol. The molecular weight excluding hydrogens is 404 g/mol. The fourth-order valence-corrected chi connectivity index (χ4v) is 3.18. The number of hydrogen-bond donors (Lipinski definition) is 2. The molecule has 0 saturated heterocycles. The number of ether oxygens (including phenoxy) is 2. The number of nitrogens with one attached hydrogen (secondary N) is 2. The van der Waals surface area contributed by atoms with E-state index in [1.165, 1.54) is 0 Å². The van der Waals surface area contributed by atoms with Gasteiger partial charge in [0.25, 0.3) is 0 Å². The van der Waals surface area contributed by atoms with E-state index >= 15 is 0 Å². The second-order valence-corrected chi connectivity index (χ2v) is 5.98. The van der Waals surface area contributed by atoms with E-state index in [0.29, 0.717) is 26.3 Å². The molecule has 0 aliphatic heterocycles. The Balaban J connectivity index is 2.44. The van der Waals surface area contributed by atoms with Gasteiger partial charge in [0.2, 0.25) is 5.91 Å². The zero-order valence-electron chi connectivity index (χ0n) is 12.2. The van der Waals surface area contributed by atoms with Crippen molar-refractivity contribution in [1.29, 1.82) is 0 Å². The zero-order valence-corrected chi connectivity index (χ0v) is 15.3. The highest BCUT2D eigenvalue weighted by Crippen LogP contribution is 2.34. The summed E-state index contributed by atoms with van der Waals surface area (Å²) in [6, 6.07) is 3.96. The standard InChI is InChI=1S/C14H20Br2N2O3/c1-3-21-14-11(15)6-10(7-12(14)16)8-17-9-13(19)18-4-5-20-2/h6-7,17H,3-5,8-9H2,1-2H3,(H,18,19). The van der Waals surface area contributed by atoms with Gasteiger partial charge in [-0.2, -0.15) is 0 Å². The van der Waals surface area contributed by atoms with Crippen LogP contribution in [0.3, 0.4) is 0 Å². The molecule has 0 aliphatic carbocycles. The highest BCUT2D eigenvalue weighted by atomic mass is 79.9. The Labute approximate surface area is 142 Å². The lowest BCUT2D eigenvalue weighted by molar-refractivity contribution is -0.120. The van der Waals surface area contributed by atoms with Crippen molar-refractivity contribution in [3.05, 3.63) is 26.6 Å². The largest absolute Gasteiger partial charge is 0.492 e. The van der Waals surface area contributed by atoms with E-state index in [4.69, 9.17) is 9.47 Å². The van der Waals surface area contributed by atoms with E-state index in [-0.39, 0.29) is 12.5 Å². The number of rotatable bonds is 9. The molecule has 0 fully saturated rings. The maximum Gasteiger partial charge on any atom is 0.234 e. The summed E-state index contributed by atoms with van der Waals surface area (Å²) in [4.78, 5) is 11.5. The first-order chi connectivity index (χ1) is 10.1. The molecule has 118 valence electrons. The van der Waals surface area contributed by atoms with Crippen molar-refractivity contribution in [2.45, 2.75) is 13.5 Å². The summed E-state index contributed by atoms with van der Waals surface area (Å²) in [6.07, 6.45) is 0. The van der Waals surface area contributed by atoms with Crippen molar-refractivity contribution < 1.29 is 14.3 Å². The monoisotopic (exact) mass is 422 g/mol. The van der Waals surface area contributed by atoms with Crippen molar-refractivity contribution in [3.8, 4) is 5.75 Å². The first-order valence-electron chi connectivity index (χ1n) is 6.65. The fourth-order valence-electron chi connectivity index (χ4n) is 1.67. The molecule has 0 heterocycles. The van der Waals surface area contributed by atoms with Gasteiger partial charge in [-0.3, -0.25) is 4.79 Å². The molecule has 0 atom stereocenters. The van der Waals surface area contributed by atoms with Crippen molar-refractivity contribution in [3.63, 3.8) is 0 Å². The number of hydrogen-bond acceptors (Lipinski definition) is 4. The smallest absolute Gasteiger partial charge is 0.234 e. The Bertz CT molecular complexity index is 447. The summed E-state index contributed by atoms with van der Waals surface area (Å²) >= 11 is 6.97. The average Bonchev–Trinajstić information content (AvgIpc) is 2.43. The SMILES string of the molecule is CCOc1c(Br)cc(CNCC(=O)NCCOC)cc1Br. The third-order valence-electron chi connectivity index (χ3n) is 2.59. The first-order valence-corrected chi connectivity index (χ1v) is 8.24. The van der Waals surface area contributed by atoms with Crippen LogP contribution in [0.5, 0.6) is 5.75 Å². The minimum absolute atomic E-state index is 0.0453. The normalized spacial score (nSPS) is 10.5. The molecule has 1 rings (SSSR count). The lowest BCUT2D eigenvalue weighted by atomic mass is 10.2. The second-order valence-electron chi connectivity index (χ2n) is 4.27. The van der Waals surface area contributed by atoms with E-state index in [0.717, 1.165) is 20.3 Å². The van der Waals surface area contributed by atoms with E-state index in [2.05, 4.69) is 42.5 Å². The summed E-state index contributed by atoms with van der Waals surface area (Å²) in [5.41, 5.74) is 1.06. The van der Waals surface area contributed by atoms with Crippen LogP contribution in [-0.2, 0) is 16.1 Å². The predicted octanol–water partition coefficient (Wildman–Crippen LogP) is 2.46. The molecule has 0 saturated carbocycles. The molecule has 2 N–H and O–H groups in total. The Morgan fingerprint density at radius 2 is 1.95 bits per heavy atom. The van der Waals surface area contributed by atoms with Crippen LogP contribution in [-0.4, -0.2) is 39.3 Å². The zero-order chi connectivity index (χ0) is 15.7. The molecule has 0 spiro atoms. The van der Waals surface area contributed by atoms with Crippen molar-refractivity contribution in [2.75, 3.05) is 33.4 Å². The topological polar surface area (TPSA) is 59.6 Å². The number of halogens is 2. The number of carbonyl (C=O) groups is 1. The van der Waals surface area contributed by atoms with E-state index < -0.39 is 0 Å². The molecule has 0 bridgehead atoms. The van der Waals surface area contributed by atoms with Gasteiger partial charge in [-0.25, -0.2) is 0 Å². The molecule has 1 amide bonds. The lowest BCUT2D eigenvalue weighted by Crippen LogP contribution is -2.35. The minimum Gasteiger partial charge on any atom is -0.492 e. The Morgan fingerprint density at radius 1 is 1.29 bits per heavy atom. The summed E-state index contributed by atoms with van der Waals surface area (Å²) in [7, 11) is 1.60. The van der Waals surface area contributed by atoms with Crippen molar-refractivity contribution in [2.24, 2.45) is 0 Å². The quantitative estimate of drug-likeness (QED) is 0.599. The van der Waals surface area contributed by atoms with E-state index in [9.17, 15) is 4.79 Å². The Kier molecular flexibility index (Phi) is 8.91. The van der Waals surface area contributed by atoms with Gasteiger partial charge in [0, 0.05) is 20.2 Å². The summed E-state index contributed by atoms with van der Waals surface area (Å²) in [5, 5.41) is 5.85. The summed E-state index contributed by atoms with van der Waals surface area (Å²) in [5.74, 6) is 0.745. The van der Waals surface area contributed by atoms with Gasteiger partial charge < -0.3 is 20.1 Å². The molecule has 1 aromatic carbocycles. The summed E-state index contributed by atoms with van der Waals surface area (Å²) < 4.78 is 12.2. The maximum absolute atomic E-state index is 11.5. The van der Waals surface area contributed by atoms with E-state index in [1.807, 2.05) is 19.1 Å². The van der Waals surface area contributed by atoms with Gasteiger partial charge in [-0.05, 0) is 56.5 Å². The van der Waals surface area contributed by atoms with Crippen molar-refractivity contribution in [1.82, 2.24) is 10.6 Å². The highest BCUT2D eigenvalue weighted by Gasteiger charge is 2.09. The molecule has 7 heteroatoms. The van der Waals surface area contributed by atoms with Crippen LogP contribution < -0.4 is 15.4 Å². The van der Waals surface area contributed by atoms with Gasteiger partial charge >= 0.3 is 0 Å². The molecule has 0 radical (unpaired) electrons. The Morgan fingerprint density at radius 3 is 2.52 bits per heavy atom. The molecule has 5 nitrogen and oxygen atoms in total. The molecule has 1 aromatic rings. The lowest BCUT2D eigenvalue weighted by Gasteiger charge is -2.11. The number of carbonyl (C=O) groups excluding carboxylic acids is 1. The van der Waals surface area contributed by atoms with Gasteiger partial charge in [0.05, 0.1) is 28.7 Å². The molecule has 0 aliphatic rings. The first kappa shape index (κ1) is 18.4. The molecule has 0 unspecified atom stereocenters. The number of amides is 1. The third-order valence-corrected chi connectivity index (χ3v) is 3.77. The molecular formula is C14H20Br2N2O3. The molecule has 0 aromatic heterocycles. The minimum atomic E-state index is -0.0453. The van der Waals surface area contributed by atoms with Crippen LogP contribution in [0.25, 0.3) is 0 Å². The van der Waals surface area contributed by atoms with Crippen LogP contribution in [0.2, 0.25) is 0 Å². The summed E-state index contributed by atoms with van der Waals surface area (Å²) in [6.45, 7) is 4.46. The fraction of sp³-hybridized carbons (Fsp3) is 0.500. The number of benzene rings is 1. The van der Waals surface area contributed by atoms with Crippen LogP contribution in [0, 0.1) is 0 Å². The average molecular weight is 424 g/mol. The Hall–Kier alpha value is -0.630. The van der Waals surface area contributed by atoms with Crippen LogP contribution >= 0.6 is 31.9 Å². The van der Waals surface area contributed by atoms with Gasteiger partial charge in [-0.15, -0.1) is 0 Å². The van der Waals surface area contributed by atoms with Crippen LogP contribution in [0.15, 0.2) is 21.1 Å². The van der Waals surface area contributed by atoms with Crippen LogP contribution in [0.4, 0.5) is 0 Å². The van der Waals surface area contributed by atoms with Gasteiger partial charge in [0.15, 0.2) is 0 Å². The third kappa shape index (κ3) is 6.78. The van der Waals surface area contributed by atoms with E-state index in [1.54, 1.807) is 7.11 Å².